The number of hydrogen-bond acceptors (Lipinski definition) is 5. The highest BCUT2D eigenvalue weighted by molar-refractivity contribution is 5.97. The number of amides is 2. The maximum absolute atomic E-state index is 12.8. The summed E-state index contributed by atoms with van der Waals surface area (Å²) >= 11 is 0. The van der Waals surface area contributed by atoms with Crippen LogP contribution in [0.3, 0.4) is 0 Å². The molecule has 9 heteroatoms. The Morgan fingerprint density at radius 2 is 1.71 bits per heavy atom. The fourth-order valence-electron chi connectivity index (χ4n) is 4.26. The van der Waals surface area contributed by atoms with Crippen LogP contribution in [0.1, 0.15) is 35.6 Å². The SMILES string of the molecule is Cc1nn(C)cc1NC(=O)C(CCC(=O)O)NC(=O)OCC1c2ccccc2-c2ccccc21. The van der Waals surface area contributed by atoms with Gasteiger partial charge in [-0.15, -0.1) is 0 Å². The zero-order valence-corrected chi connectivity index (χ0v) is 18.9. The van der Waals surface area contributed by atoms with Crippen molar-refractivity contribution >= 4 is 23.7 Å². The van der Waals surface area contributed by atoms with Gasteiger partial charge in [-0.2, -0.15) is 5.10 Å². The largest absolute Gasteiger partial charge is 0.481 e. The molecule has 0 aliphatic heterocycles. The maximum Gasteiger partial charge on any atom is 0.407 e. The monoisotopic (exact) mass is 462 g/mol. The number of carbonyl (C=O) groups excluding carboxylic acids is 2. The van der Waals surface area contributed by atoms with Crippen LogP contribution >= 0.6 is 0 Å². The Balaban J connectivity index is 1.43. The minimum Gasteiger partial charge on any atom is -0.481 e. The van der Waals surface area contributed by atoms with Crippen LogP contribution in [0, 0.1) is 6.92 Å². The Bertz CT molecular complexity index is 1190. The first kappa shape index (κ1) is 23.0. The minimum atomic E-state index is -1.08. The standard InChI is InChI=1S/C25H26N4O5/c1-15-22(13-29(2)28-15)26-24(32)21(11-12-23(30)31)27-25(33)34-14-20-18-9-5-3-7-16(18)17-8-4-6-10-19(17)20/h3-10,13,20-21H,11-12,14H2,1-2H3,(H,26,32)(H,27,33)(H,30,31). The number of fused-ring (bicyclic) bond motifs is 3. The normalized spacial score (nSPS) is 13.0. The first-order valence-electron chi connectivity index (χ1n) is 11.0. The lowest BCUT2D eigenvalue weighted by Gasteiger charge is -2.19. The summed E-state index contributed by atoms with van der Waals surface area (Å²) in [5.74, 6) is -1.72. The number of nitrogens with one attached hydrogen (secondary N) is 2. The number of aryl methyl sites for hydroxylation is 2. The molecule has 2 amide bonds. The van der Waals surface area contributed by atoms with Crippen LogP contribution in [0.15, 0.2) is 54.7 Å². The van der Waals surface area contributed by atoms with Gasteiger partial charge in [-0.25, -0.2) is 4.79 Å². The van der Waals surface area contributed by atoms with E-state index in [-0.39, 0.29) is 25.4 Å². The Morgan fingerprint density at radius 1 is 1.09 bits per heavy atom. The van der Waals surface area contributed by atoms with E-state index in [2.05, 4.69) is 15.7 Å². The number of carbonyl (C=O) groups is 3. The summed E-state index contributed by atoms with van der Waals surface area (Å²) in [5.41, 5.74) is 5.46. The average Bonchev–Trinajstić information content (AvgIpc) is 3.30. The van der Waals surface area contributed by atoms with Gasteiger partial charge in [0.25, 0.3) is 0 Å². The Morgan fingerprint density at radius 3 is 2.26 bits per heavy atom. The third kappa shape index (κ3) is 4.93. The second-order valence-electron chi connectivity index (χ2n) is 8.25. The molecule has 0 fully saturated rings. The van der Waals surface area contributed by atoms with Crippen molar-refractivity contribution in [3.63, 3.8) is 0 Å². The van der Waals surface area contributed by atoms with Crippen molar-refractivity contribution in [2.75, 3.05) is 11.9 Å². The van der Waals surface area contributed by atoms with Gasteiger partial charge in [0.2, 0.25) is 5.91 Å². The van der Waals surface area contributed by atoms with Crippen molar-refractivity contribution < 1.29 is 24.2 Å². The smallest absolute Gasteiger partial charge is 0.407 e. The van der Waals surface area contributed by atoms with Crippen LogP contribution < -0.4 is 10.6 Å². The molecule has 0 saturated carbocycles. The average molecular weight is 463 g/mol. The first-order valence-corrected chi connectivity index (χ1v) is 11.0. The highest BCUT2D eigenvalue weighted by Gasteiger charge is 2.30. The van der Waals surface area contributed by atoms with Crippen LogP contribution in [-0.2, 0) is 21.4 Å². The quantitative estimate of drug-likeness (QED) is 0.471. The molecular formula is C25H26N4O5. The number of ether oxygens (including phenoxy) is 1. The lowest BCUT2D eigenvalue weighted by atomic mass is 9.98. The number of aromatic nitrogens is 2. The summed E-state index contributed by atoms with van der Waals surface area (Å²) in [6.07, 6.45) is 0.489. The molecule has 0 radical (unpaired) electrons. The van der Waals surface area contributed by atoms with E-state index in [0.717, 1.165) is 22.3 Å². The highest BCUT2D eigenvalue weighted by atomic mass is 16.5. The third-order valence-corrected chi connectivity index (χ3v) is 5.87. The van der Waals surface area contributed by atoms with Crippen LogP contribution in [0.5, 0.6) is 0 Å². The van der Waals surface area contributed by atoms with E-state index in [1.54, 1.807) is 24.9 Å². The second kappa shape index (κ2) is 9.78. The van der Waals surface area contributed by atoms with E-state index in [0.29, 0.717) is 11.4 Å². The lowest BCUT2D eigenvalue weighted by Crippen LogP contribution is -2.44. The van der Waals surface area contributed by atoms with Gasteiger partial charge in [0, 0.05) is 25.6 Å². The van der Waals surface area contributed by atoms with Crippen molar-refractivity contribution in [1.82, 2.24) is 15.1 Å². The molecule has 2 aromatic carbocycles. The molecule has 34 heavy (non-hydrogen) atoms. The van der Waals surface area contributed by atoms with Crippen LogP contribution in [0.4, 0.5) is 10.5 Å². The van der Waals surface area contributed by atoms with Gasteiger partial charge >= 0.3 is 12.1 Å². The summed E-state index contributed by atoms with van der Waals surface area (Å²) in [7, 11) is 1.72. The number of carboxylic acids is 1. The molecule has 3 aromatic rings. The molecule has 1 heterocycles. The fraction of sp³-hybridized carbons (Fsp3) is 0.280. The van der Waals surface area contributed by atoms with Gasteiger partial charge < -0.3 is 20.5 Å². The summed E-state index contributed by atoms with van der Waals surface area (Å²) in [6.45, 7) is 1.83. The van der Waals surface area contributed by atoms with E-state index >= 15 is 0 Å². The maximum atomic E-state index is 12.8. The van der Waals surface area contributed by atoms with Gasteiger partial charge in [0.15, 0.2) is 0 Å². The van der Waals surface area contributed by atoms with Gasteiger partial charge in [-0.05, 0) is 35.6 Å². The van der Waals surface area contributed by atoms with Crippen LogP contribution in [0.2, 0.25) is 0 Å². The van der Waals surface area contributed by atoms with Crippen molar-refractivity contribution in [2.24, 2.45) is 7.05 Å². The van der Waals surface area contributed by atoms with Gasteiger partial charge in [0.05, 0.1) is 11.4 Å². The summed E-state index contributed by atoms with van der Waals surface area (Å²) in [6, 6.07) is 14.9. The van der Waals surface area contributed by atoms with Crippen molar-refractivity contribution in [2.45, 2.75) is 31.7 Å². The number of hydrogen-bond donors (Lipinski definition) is 3. The van der Waals surface area contributed by atoms with Gasteiger partial charge in [-0.1, -0.05) is 48.5 Å². The molecule has 1 aliphatic carbocycles. The van der Waals surface area contributed by atoms with E-state index < -0.39 is 24.0 Å². The number of anilines is 1. The molecule has 3 N–H and O–H groups in total. The Labute approximate surface area is 196 Å². The van der Waals surface area contributed by atoms with Crippen molar-refractivity contribution in [3.8, 4) is 11.1 Å². The summed E-state index contributed by atoms with van der Waals surface area (Å²) in [4.78, 5) is 36.5. The zero-order valence-electron chi connectivity index (χ0n) is 18.9. The fourth-order valence-corrected chi connectivity index (χ4v) is 4.26. The molecule has 1 aliphatic rings. The number of aliphatic carboxylic acids is 1. The molecule has 4 rings (SSSR count). The third-order valence-electron chi connectivity index (χ3n) is 5.87. The summed E-state index contributed by atoms with van der Waals surface area (Å²) < 4.78 is 7.06. The number of benzene rings is 2. The van der Waals surface area contributed by atoms with Gasteiger partial charge in [0.1, 0.15) is 12.6 Å². The lowest BCUT2D eigenvalue weighted by molar-refractivity contribution is -0.137. The second-order valence-corrected chi connectivity index (χ2v) is 8.25. The van der Waals surface area contributed by atoms with Crippen LogP contribution in [0.25, 0.3) is 11.1 Å². The first-order chi connectivity index (χ1) is 16.3. The molecule has 9 nitrogen and oxygen atoms in total. The predicted molar refractivity (Wildman–Crippen MR) is 125 cm³/mol. The molecule has 1 atom stereocenters. The van der Waals surface area contributed by atoms with E-state index in [1.807, 2.05) is 48.5 Å². The molecule has 1 unspecified atom stereocenters. The number of nitrogens with zero attached hydrogens (tertiary/aromatic N) is 2. The van der Waals surface area contributed by atoms with E-state index in [1.165, 1.54) is 0 Å². The topological polar surface area (TPSA) is 123 Å². The van der Waals surface area contributed by atoms with Crippen molar-refractivity contribution in [3.05, 3.63) is 71.5 Å². The Hall–Kier alpha value is -4.14. The molecule has 1 aromatic heterocycles. The molecule has 176 valence electrons. The van der Waals surface area contributed by atoms with E-state index in [9.17, 15) is 14.4 Å². The molecule has 0 saturated heterocycles. The number of carboxylic acid groups (broad SMARTS) is 1. The van der Waals surface area contributed by atoms with Crippen LogP contribution in [-0.4, -0.2) is 45.5 Å². The number of rotatable bonds is 8. The molecular weight excluding hydrogens is 436 g/mol. The zero-order chi connectivity index (χ0) is 24.2. The van der Waals surface area contributed by atoms with Gasteiger partial charge in [-0.3, -0.25) is 14.3 Å². The predicted octanol–water partition coefficient (Wildman–Crippen LogP) is 3.44. The highest BCUT2D eigenvalue weighted by Crippen LogP contribution is 2.44. The minimum absolute atomic E-state index is 0.0787. The Kier molecular flexibility index (Phi) is 6.62. The molecule has 0 spiro atoms. The molecule has 0 bridgehead atoms. The number of alkyl carbamates (subject to hydrolysis) is 1. The van der Waals surface area contributed by atoms with E-state index in [4.69, 9.17) is 9.84 Å². The van der Waals surface area contributed by atoms with Crippen molar-refractivity contribution in [1.29, 1.82) is 0 Å². The summed E-state index contributed by atoms with van der Waals surface area (Å²) in [5, 5.41) is 18.4.